The summed E-state index contributed by atoms with van der Waals surface area (Å²) in [4.78, 5) is 4.33. The summed E-state index contributed by atoms with van der Waals surface area (Å²) in [5.74, 6) is 0. The molecular weight excluding hydrogens is 208 g/mol. The van der Waals surface area contributed by atoms with Gasteiger partial charge in [0.25, 0.3) is 0 Å². The minimum Gasteiger partial charge on any atom is -0.239 e. The highest BCUT2D eigenvalue weighted by atomic mass is 35.5. The number of rotatable bonds is 0. The number of nitrogens with zero attached hydrogens (tertiary/aromatic N) is 2. The first-order valence-corrected chi connectivity index (χ1v) is 5.77. The summed E-state index contributed by atoms with van der Waals surface area (Å²) in [6, 6.07) is 4.00. The fraction of sp³-hybridized carbons (Fsp3) is 0.500. The molecule has 0 N–H and O–H groups in total. The minimum atomic E-state index is 0.358. The maximum Gasteiger partial charge on any atom is 0.147 e. The molecular formula is C12H13ClN2. The molecule has 2 rings (SSSR count). The molecule has 0 saturated carbocycles. The highest BCUT2D eigenvalue weighted by molar-refractivity contribution is 6.30. The lowest BCUT2D eigenvalue weighted by atomic mass is 9.96. The Balaban J connectivity index is 2.40. The van der Waals surface area contributed by atoms with E-state index in [-0.39, 0.29) is 0 Å². The Morgan fingerprint density at radius 2 is 1.93 bits per heavy atom. The smallest absolute Gasteiger partial charge is 0.147 e. The van der Waals surface area contributed by atoms with Gasteiger partial charge in [0.05, 0.1) is 5.56 Å². The van der Waals surface area contributed by atoms with Crippen LogP contribution in [-0.4, -0.2) is 4.98 Å². The zero-order chi connectivity index (χ0) is 10.7. The second-order valence-electron chi connectivity index (χ2n) is 3.96. The Morgan fingerprint density at radius 3 is 2.67 bits per heavy atom. The fourth-order valence-electron chi connectivity index (χ4n) is 2.04. The Kier molecular flexibility index (Phi) is 3.23. The highest BCUT2D eigenvalue weighted by Gasteiger charge is 2.12. The van der Waals surface area contributed by atoms with E-state index >= 15 is 0 Å². The number of fused-ring (bicyclic) bond motifs is 1. The van der Waals surface area contributed by atoms with Gasteiger partial charge in [-0.25, -0.2) is 4.98 Å². The molecule has 0 spiro atoms. The van der Waals surface area contributed by atoms with Gasteiger partial charge in [-0.2, -0.15) is 5.26 Å². The first kappa shape index (κ1) is 10.4. The lowest BCUT2D eigenvalue weighted by Crippen LogP contribution is -2.03. The minimum absolute atomic E-state index is 0.358. The predicted molar refractivity (Wildman–Crippen MR) is 59.8 cm³/mol. The average molecular weight is 221 g/mol. The van der Waals surface area contributed by atoms with Gasteiger partial charge in [0, 0.05) is 5.69 Å². The van der Waals surface area contributed by atoms with E-state index in [2.05, 4.69) is 11.1 Å². The van der Waals surface area contributed by atoms with Gasteiger partial charge in [-0.1, -0.05) is 24.4 Å². The van der Waals surface area contributed by atoms with Crippen molar-refractivity contribution in [2.75, 3.05) is 0 Å². The second kappa shape index (κ2) is 4.63. The van der Waals surface area contributed by atoms with Crippen molar-refractivity contribution in [3.05, 3.63) is 28.0 Å². The molecule has 1 aliphatic rings. The third-order valence-electron chi connectivity index (χ3n) is 2.87. The molecule has 0 unspecified atom stereocenters. The molecule has 78 valence electrons. The van der Waals surface area contributed by atoms with Crippen LogP contribution in [0.4, 0.5) is 0 Å². The largest absolute Gasteiger partial charge is 0.239 e. The SMILES string of the molecule is N#Cc1cc2c(nc1Cl)CCCCCC2. The molecule has 0 amide bonds. The van der Waals surface area contributed by atoms with Crippen LogP contribution in [0.5, 0.6) is 0 Å². The summed E-state index contributed by atoms with van der Waals surface area (Å²) < 4.78 is 0. The molecule has 1 heterocycles. The molecule has 1 aromatic heterocycles. The molecule has 15 heavy (non-hydrogen) atoms. The monoisotopic (exact) mass is 220 g/mol. The normalized spacial score (nSPS) is 16.0. The predicted octanol–water partition coefficient (Wildman–Crippen LogP) is 3.27. The first-order valence-electron chi connectivity index (χ1n) is 5.39. The van der Waals surface area contributed by atoms with Crippen molar-refractivity contribution < 1.29 is 0 Å². The van der Waals surface area contributed by atoms with Crippen molar-refractivity contribution in [3.63, 3.8) is 0 Å². The lowest BCUT2D eigenvalue weighted by molar-refractivity contribution is 0.608. The number of halogens is 1. The van der Waals surface area contributed by atoms with E-state index in [4.69, 9.17) is 16.9 Å². The van der Waals surface area contributed by atoms with Gasteiger partial charge < -0.3 is 0 Å². The van der Waals surface area contributed by atoms with Gasteiger partial charge in [-0.3, -0.25) is 0 Å². The topological polar surface area (TPSA) is 36.7 Å². The molecule has 2 nitrogen and oxygen atoms in total. The molecule has 0 saturated heterocycles. The van der Waals surface area contributed by atoms with Crippen LogP contribution in [0.25, 0.3) is 0 Å². The Hall–Kier alpha value is -1.07. The van der Waals surface area contributed by atoms with E-state index in [1.165, 1.54) is 31.2 Å². The van der Waals surface area contributed by atoms with E-state index < -0.39 is 0 Å². The molecule has 0 aliphatic heterocycles. The van der Waals surface area contributed by atoms with E-state index in [1.807, 2.05) is 6.07 Å². The lowest BCUT2D eigenvalue weighted by Gasteiger charge is -2.13. The van der Waals surface area contributed by atoms with Crippen molar-refractivity contribution in [3.8, 4) is 6.07 Å². The summed E-state index contributed by atoms with van der Waals surface area (Å²) in [7, 11) is 0. The van der Waals surface area contributed by atoms with Gasteiger partial charge in [0.2, 0.25) is 0 Å². The van der Waals surface area contributed by atoms with Crippen LogP contribution in [0.1, 0.15) is 42.5 Å². The number of nitriles is 1. The van der Waals surface area contributed by atoms with Crippen LogP contribution in [-0.2, 0) is 12.8 Å². The standard InChI is InChI=1S/C12H13ClN2/c13-12-10(8-14)7-9-5-3-1-2-4-6-11(9)15-12/h7H,1-6H2. The number of aromatic nitrogens is 1. The molecule has 0 atom stereocenters. The van der Waals surface area contributed by atoms with Crippen LogP contribution < -0.4 is 0 Å². The second-order valence-corrected chi connectivity index (χ2v) is 4.32. The zero-order valence-corrected chi connectivity index (χ0v) is 9.35. The van der Waals surface area contributed by atoms with Crippen molar-refractivity contribution >= 4 is 11.6 Å². The van der Waals surface area contributed by atoms with Crippen LogP contribution in [0.3, 0.4) is 0 Å². The Morgan fingerprint density at radius 1 is 1.20 bits per heavy atom. The van der Waals surface area contributed by atoms with Crippen LogP contribution in [0, 0.1) is 11.3 Å². The zero-order valence-electron chi connectivity index (χ0n) is 8.59. The molecule has 1 aliphatic carbocycles. The quantitative estimate of drug-likeness (QED) is 0.630. The molecule has 3 heteroatoms. The van der Waals surface area contributed by atoms with Crippen LogP contribution >= 0.6 is 11.6 Å². The Labute approximate surface area is 94.9 Å². The molecule has 0 aromatic carbocycles. The van der Waals surface area contributed by atoms with Crippen LogP contribution in [0.2, 0.25) is 5.15 Å². The third kappa shape index (κ3) is 2.30. The van der Waals surface area contributed by atoms with Gasteiger partial charge in [0.15, 0.2) is 0 Å². The van der Waals surface area contributed by atoms with Gasteiger partial charge in [-0.15, -0.1) is 0 Å². The van der Waals surface area contributed by atoms with E-state index in [0.29, 0.717) is 10.7 Å². The number of pyridine rings is 1. The summed E-state index contributed by atoms with van der Waals surface area (Å²) in [5.41, 5.74) is 2.82. The van der Waals surface area contributed by atoms with Gasteiger partial charge in [0.1, 0.15) is 11.2 Å². The Bertz CT molecular complexity index is 407. The van der Waals surface area contributed by atoms with E-state index in [1.54, 1.807) is 0 Å². The van der Waals surface area contributed by atoms with E-state index in [9.17, 15) is 0 Å². The number of hydrogen-bond donors (Lipinski definition) is 0. The van der Waals surface area contributed by atoms with E-state index in [0.717, 1.165) is 18.5 Å². The maximum atomic E-state index is 8.87. The van der Waals surface area contributed by atoms with Crippen molar-refractivity contribution in [2.45, 2.75) is 38.5 Å². The maximum absolute atomic E-state index is 8.87. The molecule has 0 fully saturated rings. The highest BCUT2D eigenvalue weighted by Crippen LogP contribution is 2.23. The average Bonchev–Trinajstić information content (AvgIpc) is 2.20. The van der Waals surface area contributed by atoms with Gasteiger partial charge >= 0.3 is 0 Å². The van der Waals surface area contributed by atoms with Crippen LogP contribution in [0.15, 0.2) is 6.07 Å². The summed E-state index contributed by atoms with van der Waals surface area (Å²) in [6.45, 7) is 0. The summed E-state index contributed by atoms with van der Waals surface area (Å²) >= 11 is 5.92. The van der Waals surface area contributed by atoms with Crippen molar-refractivity contribution in [1.82, 2.24) is 4.98 Å². The fourth-order valence-corrected chi connectivity index (χ4v) is 2.24. The molecule has 0 radical (unpaired) electrons. The summed E-state index contributed by atoms with van der Waals surface area (Å²) in [5, 5.41) is 9.23. The number of aryl methyl sites for hydroxylation is 2. The van der Waals surface area contributed by atoms with Crippen molar-refractivity contribution in [1.29, 1.82) is 5.26 Å². The third-order valence-corrected chi connectivity index (χ3v) is 3.16. The molecule has 1 aromatic rings. The summed E-state index contributed by atoms with van der Waals surface area (Å²) in [6.07, 6.45) is 6.97. The van der Waals surface area contributed by atoms with Gasteiger partial charge in [-0.05, 0) is 37.3 Å². The first-order chi connectivity index (χ1) is 7.31. The number of hydrogen-bond acceptors (Lipinski definition) is 2. The van der Waals surface area contributed by atoms with Crippen molar-refractivity contribution in [2.24, 2.45) is 0 Å². The molecule has 0 bridgehead atoms.